The van der Waals surface area contributed by atoms with Crippen LogP contribution in [0.1, 0.15) is 18.5 Å². The third kappa shape index (κ3) is 3.97. The van der Waals surface area contributed by atoms with Gasteiger partial charge in [0, 0.05) is 21.5 Å². The summed E-state index contributed by atoms with van der Waals surface area (Å²) in [6.07, 6.45) is 1.47. The molecule has 0 fully saturated rings. The maximum absolute atomic E-state index is 12.3. The summed E-state index contributed by atoms with van der Waals surface area (Å²) in [4.78, 5) is 23.4. The van der Waals surface area contributed by atoms with E-state index < -0.39 is 0 Å². The molecule has 0 aliphatic carbocycles. The second-order valence-electron chi connectivity index (χ2n) is 5.30. The van der Waals surface area contributed by atoms with Gasteiger partial charge in [-0.25, -0.2) is 4.98 Å². The molecule has 3 aromatic rings. The van der Waals surface area contributed by atoms with E-state index in [2.05, 4.69) is 20.3 Å². The highest BCUT2D eigenvalue weighted by Crippen LogP contribution is 2.22. The number of H-pyrrole nitrogens is 1. The van der Waals surface area contributed by atoms with Crippen molar-refractivity contribution < 1.29 is 4.74 Å². The molecular formula is C16H18ClN5O2S. The summed E-state index contributed by atoms with van der Waals surface area (Å²) in [5.41, 5.74) is 6.85. The van der Waals surface area contributed by atoms with Crippen LogP contribution in [-0.2, 0) is 0 Å². The van der Waals surface area contributed by atoms with Crippen molar-refractivity contribution in [2.45, 2.75) is 13.0 Å². The van der Waals surface area contributed by atoms with Gasteiger partial charge >= 0.3 is 0 Å². The Bertz CT molecular complexity index is 963. The number of nitrogens with one attached hydrogen (secondary N) is 2. The lowest BCUT2D eigenvalue weighted by atomic mass is 10.1. The molecule has 3 rings (SSSR count). The van der Waals surface area contributed by atoms with Gasteiger partial charge in [-0.3, -0.25) is 4.79 Å². The van der Waals surface area contributed by atoms with E-state index in [1.807, 2.05) is 6.92 Å². The Labute approximate surface area is 156 Å². The molecule has 7 nitrogen and oxygen atoms in total. The fourth-order valence-corrected chi connectivity index (χ4v) is 2.58. The van der Waals surface area contributed by atoms with Crippen molar-refractivity contribution in [3.8, 4) is 5.75 Å². The summed E-state index contributed by atoms with van der Waals surface area (Å²) in [5, 5.41) is 4.51. The van der Waals surface area contributed by atoms with Crippen LogP contribution in [0, 0.1) is 0 Å². The van der Waals surface area contributed by atoms with Crippen molar-refractivity contribution in [3.05, 3.63) is 51.4 Å². The van der Waals surface area contributed by atoms with Crippen molar-refractivity contribution in [2.75, 3.05) is 18.2 Å². The molecule has 0 saturated heterocycles. The summed E-state index contributed by atoms with van der Waals surface area (Å²) in [6.45, 7) is 1.84. The lowest BCUT2D eigenvalue weighted by Crippen LogP contribution is -2.20. The summed E-state index contributed by atoms with van der Waals surface area (Å²) < 4.78 is 5.02. The van der Waals surface area contributed by atoms with E-state index in [4.69, 9.17) is 22.1 Å². The van der Waals surface area contributed by atoms with Gasteiger partial charge in [-0.1, -0.05) is 11.6 Å². The van der Waals surface area contributed by atoms with Gasteiger partial charge in [0.15, 0.2) is 11.6 Å². The average molecular weight is 380 g/mol. The van der Waals surface area contributed by atoms with Crippen LogP contribution in [0.5, 0.6) is 5.75 Å². The van der Waals surface area contributed by atoms with Crippen LogP contribution in [0.2, 0.25) is 5.02 Å². The molecule has 0 amide bonds. The number of rotatable bonds is 4. The van der Waals surface area contributed by atoms with Gasteiger partial charge in [0.2, 0.25) is 5.95 Å². The Balaban J connectivity index is 0.00000225. The second kappa shape index (κ2) is 7.62. The molecule has 2 heterocycles. The van der Waals surface area contributed by atoms with E-state index in [0.29, 0.717) is 22.3 Å². The number of methoxy groups -OCH3 is 1. The minimum Gasteiger partial charge on any atom is -0.491 e. The van der Waals surface area contributed by atoms with Gasteiger partial charge in [0.1, 0.15) is 0 Å². The summed E-state index contributed by atoms with van der Waals surface area (Å²) in [7, 11) is 1.49. The van der Waals surface area contributed by atoms with Crippen LogP contribution in [0.25, 0.3) is 10.9 Å². The second-order valence-corrected chi connectivity index (χ2v) is 5.74. The molecule has 0 bridgehead atoms. The van der Waals surface area contributed by atoms with Crippen molar-refractivity contribution in [2.24, 2.45) is 0 Å². The number of aromatic nitrogens is 3. The van der Waals surface area contributed by atoms with Crippen molar-refractivity contribution in [1.29, 1.82) is 0 Å². The fraction of sp³-hybridized carbons (Fsp3) is 0.188. The normalized spacial score (nSPS) is 11.6. The Kier molecular flexibility index (Phi) is 5.76. The Morgan fingerprint density at radius 2 is 2.12 bits per heavy atom. The zero-order valence-electron chi connectivity index (χ0n) is 13.6. The van der Waals surface area contributed by atoms with E-state index >= 15 is 0 Å². The average Bonchev–Trinajstić information content (AvgIpc) is 2.54. The molecule has 1 atom stereocenters. The molecule has 9 heteroatoms. The molecule has 25 heavy (non-hydrogen) atoms. The Hall–Kier alpha value is -2.45. The van der Waals surface area contributed by atoms with Crippen molar-refractivity contribution in [1.82, 2.24) is 15.0 Å². The van der Waals surface area contributed by atoms with Crippen LogP contribution >= 0.6 is 25.1 Å². The first-order valence-electron chi connectivity index (χ1n) is 7.23. The number of anilines is 2. The van der Waals surface area contributed by atoms with Crippen LogP contribution in [0.15, 0.2) is 35.3 Å². The lowest BCUT2D eigenvalue weighted by Gasteiger charge is -2.15. The number of pyridine rings is 1. The standard InChI is InChI=1S/C16H16ClN5O2.H2S/c1-8(20-16-19-7-13(24-2)14(18)22-16)11-6-9-5-10(17)3-4-12(9)21-15(11)23;/h3-8H,1-2H3,(H,21,23)(H3,18,19,20,22);1H2/t8-;/m0./s1. The summed E-state index contributed by atoms with van der Waals surface area (Å²) in [6, 6.07) is 6.77. The number of fused-ring (bicyclic) bond motifs is 1. The van der Waals surface area contributed by atoms with Gasteiger partial charge in [0.25, 0.3) is 5.56 Å². The van der Waals surface area contributed by atoms with Crippen LogP contribution in [0.4, 0.5) is 11.8 Å². The largest absolute Gasteiger partial charge is 0.491 e. The molecule has 132 valence electrons. The first kappa shape index (κ1) is 18.9. The number of hydrogen-bond donors (Lipinski definition) is 3. The monoisotopic (exact) mass is 379 g/mol. The predicted molar refractivity (Wildman–Crippen MR) is 105 cm³/mol. The molecular weight excluding hydrogens is 362 g/mol. The van der Waals surface area contributed by atoms with E-state index in [-0.39, 0.29) is 30.9 Å². The topological polar surface area (TPSA) is 106 Å². The number of halogens is 1. The zero-order valence-corrected chi connectivity index (χ0v) is 15.4. The van der Waals surface area contributed by atoms with E-state index in [1.54, 1.807) is 24.3 Å². The highest BCUT2D eigenvalue weighted by molar-refractivity contribution is 7.59. The molecule has 0 saturated carbocycles. The minimum atomic E-state index is -0.329. The number of nitrogens with two attached hydrogens (primary N) is 1. The predicted octanol–water partition coefficient (Wildman–Crippen LogP) is 2.85. The van der Waals surface area contributed by atoms with Gasteiger partial charge in [-0.2, -0.15) is 18.5 Å². The molecule has 0 aliphatic rings. The fourth-order valence-electron chi connectivity index (χ4n) is 2.40. The minimum absolute atomic E-state index is 0. The van der Waals surface area contributed by atoms with Crippen molar-refractivity contribution >= 4 is 47.8 Å². The van der Waals surface area contributed by atoms with Gasteiger partial charge in [-0.15, -0.1) is 0 Å². The Morgan fingerprint density at radius 1 is 1.36 bits per heavy atom. The van der Waals surface area contributed by atoms with E-state index in [9.17, 15) is 4.79 Å². The van der Waals surface area contributed by atoms with Gasteiger partial charge in [0.05, 0.1) is 19.3 Å². The van der Waals surface area contributed by atoms with E-state index in [0.717, 1.165) is 10.9 Å². The zero-order chi connectivity index (χ0) is 17.3. The van der Waals surface area contributed by atoms with Crippen LogP contribution < -0.4 is 21.3 Å². The number of hydrogen-bond acceptors (Lipinski definition) is 6. The highest BCUT2D eigenvalue weighted by atomic mass is 35.5. The third-order valence-corrected chi connectivity index (χ3v) is 3.89. The molecule has 0 spiro atoms. The summed E-state index contributed by atoms with van der Waals surface area (Å²) in [5.74, 6) is 0.930. The molecule has 2 aromatic heterocycles. The molecule has 0 radical (unpaired) electrons. The number of nitrogens with zero attached hydrogens (tertiary/aromatic N) is 2. The maximum atomic E-state index is 12.3. The maximum Gasteiger partial charge on any atom is 0.253 e. The number of aromatic amines is 1. The Morgan fingerprint density at radius 3 is 2.80 bits per heavy atom. The van der Waals surface area contributed by atoms with Gasteiger partial charge < -0.3 is 20.8 Å². The van der Waals surface area contributed by atoms with Crippen LogP contribution in [-0.4, -0.2) is 22.1 Å². The molecule has 4 N–H and O–H groups in total. The molecule has 0 aliphatic heterocycles. The van der Waals surface area contributed by atoms with E-state index in [1.165, 1.54) is 13.3 Å². The first-order valence-corrected chi connectivity index (χ1v) is 7.61. The quantitative estimate of drug-likeness (QED) is 0.643. The summed E-state index contributed by atoms with van der Waals surface area (Å²) >= 11 is 6.01. The number of benzene rings is 1. The number of ether oxygens (including phenoxy) is 1. The third-order valence-electron chi connectivity index (χ3n) is 3.65. The smallest absolute Gasteiger partial charge is 0.253 e. The SMILES string of the molecule is COc1cnc(N[C@@H](C)c2cc3cc(Cl)ccc3[nH]c2=O)nc1N.S. The highest BCUT2D eigenvalue weighted by Gasteiger charge is 2.13. The lowest BCUT2D eigenvalue weighted by molar-refractivity contribution is 0.413. The first-order chi connectivity index (χ1) is 11.5. The molecule has 1 aromatic carbocycles. The van der Waals surface area contributed by atoms with Crippen molar-refractivity contribution in [3.63, 3.8) is 0 Å². The van der Waals surface area contributed by atoms with Gasteiger partial charge in [-0.05, 0) is 31.2 Å². The number of nitrogen functional groups attached to an aromatic ring is 1. The van der Waals surface area contributed by atoms with Crippen LogP contribution in [0.3, 0.4) is 0 Å². The molecule has 0 unspecified atom stereocenters.